The maximum Gasteiger partial charge on any atom is 0.306 e. The van der Waals surface area contributed by atoms with E-state index in [2.05, 4.69) is 123 Å². The highest BCUT2D eigenvalue weighted by Crippen LogP contribution is 2.13. The van der Waals surface area contributed by atoms with Crippen molar-refractivity contribution in [2.24, 2.45) is 0 Å². The number of aliphatic carboxylic acids is 1. The van der Waals surface area contributed by atoms with Crippen molar-refractivity contribution >= 4 is 17.9 Å². The van der Waals surface area contributed by atoms with Crippen molar-refractivity contribution in [3.8, 4) is 0 Å². The van der Waals surface area contributed by atoms with Crippen LogP contribution in [-0.4, -0.2) is 82.3 Å². The van der Waals surface area contributed by atoms with Gasteiger partial charge in [0.1, 0.15) is 13.2 Å². The molecule has 0 fully saturated rings. The molecule has 0 saturated heterocycles. The van der Waals surface area contributed by atoms with Gasteiger partial charge in [0.2, 0.25) is 0 Å². The molecule has 0 bridgehead atoms. The molecule has 9 heteroatoms. The van der Waals surface area contributed by atoms with Crippen molar-refractivity contribution in [3.63, 3.8) is 0 Å². The zero-order valence-electron chi connectivity index (χ0n) is 41.6. The number of hydrogen-bond acceptors (Lipinski definition) is 8. The first kappa shape index (κ1) is 60.9. The van der Waals surface area contributed by atoms with Crippen LogP contribution >= 0.6 is 0 Å². The summed E-state index contributed by atoms with van der Waals surface area (Å²) < 4.78 is 22.4. The van der Waals surface area contributed by atoms with Gasteiger partial charge in [-0.3, -0.25) is 9.59 Å². The number of nitrogens with zero attached hydrogens (tertiary/aromatic N) is 1. The summed E-state index contributed by atoms with van der Waals surface area (Å²) in [6, 6.07) is 0. The molecule has 0 aromatic carbocycles. The molecule has 0 N–H and O–H groups in total. The smallest absolute Gasteiger partial charge is 0.306 e. The monoisotopic (exact) mass is 906 g/mol. The molecule has 0 amide bonds. The Morgan fingerprint density at radius 1 is 0.477 bits per heavy atom. The second kappa shape index (κ2) is 46.5. The number of carbonyl (C=O) groups is 3. The van der Waals surface area contributed by atoms with Crippen molar-refractivity contribution in [1.29, 1.82) is 0 Å². The van der Waals surface area contributed by atoms with Crippen molar-refractivity contribution in [1.82, 2.24) is 0 Å². The number of esters is 2. The molecule has 0 aromatic rings. The van der Waals surface area contributed by atoms with Gasteiger partial charge in [-0.1, -0.05) is 181 Å². The molecule has 2 unspecified atom stereocenters. The van der Waals surface area contributed by atoms with Gasteiger partial charge in [0, 0.05) is 12.8 Å². The van der Waals surface area contributed by atoms with Gasteiger partial charge in [-0.05, 0) is 83.5 Å². The van der Waals surface area contributed by atoms with Gasteiger partial charge >= 0.3 is 11.9 Å². The topological polar surface area (TPSA) is 111 Å². The van der Waals surface area contributed by atoms with Crippen molar-refractivity contribution in [2.75, 3.05) is 47.5 Å². The molecule has 0 heterocycles. The van der Waals surface area contributed by atoms with E-state index in [1.807, 2.05) is 21.1 Å². The van der Waals surface area contributed by atoms with Gasteiger partial charge in [-0.2, -0.15) is 0 Å². The Morgan fingerprint density at radius 3 is 1.31 bits per heavy atom. The number of unbranched alkanes of at least 4 members (excludes halogenated alkanes) is 11. The van der Waals surface area contributed by atoms with E-state index in [9.17, 15) is 19.5 Å². The van der Waals surface area contributed by atoms with Gasteiger partial charge in [0.15, 0.2) is 12.4 Å². The van der Waals surface area contributed by atoms with E-state index in [-0.39, 0.29) is 38.6 Å². The van der Waals surface area contributed by atoms with Gasteiger partial charge in [-0.15, -0.1) is 0 Å². The van der Waals surface area contributed by atoms with Gasteiger partial charge in [-0.25, -0.2) is 0 Å². The molecule has 0 rings (SSSR count). The summed E-state index contributed by atoms with van der Waals surface area (Å²) in [5, 5.41) is 11.6. The number of likely N-dealkylation sites (N-methyl/N-ethyl adjacent to an activating group) is 1. The molecule has 368 valence electrons. The summed E-state index contributed by atoms with van der Waals surface area (Å²) >= 11 is 0. The van der Waals surface area contributed by atoms with Crippen LogP contribution in [-0.2, 0) is 33.3 Å². The lowest BCUT2D eigenvalue weighted by Crippen LogP contribution is -2.44. The Labute approximate surface area is 396 Å². The quantitative estimate of drug-likeness (QED) is 0.0195. The fourth-order valence-corrected chi connectivity index (χ4v) is 6.17. The molecular weight excluding hydrogens is 815 g/mol. The summed E-state index contributed by atoms with van der Waals surface area (Å²) in [5.41, 5.74) is 0. The summed E-state index contributed by atoms with van der Waals surface area (Å²) in [6.45, 7) is 4.48. The second-order valence-corrected chi connectivity index (χ2v) is 17.4. The molecule has 0 aliphatic rings. The number of allylic oxidation sites excluding steroid dienone is 18. The maximum atomic E-state index is 12.7. The van der Waals surface area contributed by atoms with Crippen molar-refractivity contribution in [3.05, 3.63) is 109 Å². The number of carboxylic acid groups (broad SMARTS) is 1. The summed E-state index contributed by atoms with van der Waals surface area (Å²) in [7, 11) is 5.88. The van der Waals surface area contributed by atoms with E-state index >= 15 is 0 Å². The highest BCUT2D eigenvalue weighted by Gasteiger charge is 2.21. The molecule has 65 heavy (non-hydrogen) atoms. The van der Waals surface area contributed by atoms with Crippen LogP contribution in [0.3, 0.4) is 0 Å². The summed E-state index contributed by atoms with van der Waals surface area (Å²) in [6.07, 6.45) is 60.4. The lowest BCUT2D eigenvalue weighted by molar-refractivity contribution is -0.870. The Morgan fingerprint density at radius 2 is 0.877 bits per heavy atom. The normalized spacial score (nSPS) is 13.8. The van der Waals surface area contributed by atoms with Gasteiger partial charge < -0.3 is 33.3 Å². The average Bonchev–Trinajstić information content (AvgIpc) is 3.27. The highest BCUT2D eigenvalue weighted by atomic mass is 16.7. The third-order valence-electron chi connectivity index (χ3n) is 10.0. The number of hydrogen-bond donors (Lipinski definition) is 0. The molecule has 0 aromatic heterocycles. The Kier molecular flexibility index (Phi) is 43.6. The number of ether oxygens (including phenoxy) is 4. The Bertz CT molecular complexity index is 1430. The first-order valence-electron chi connectivity index (χ1n) is 25.0. The third-order valence-corrected chi connectivity index (χ3v) is 10.0. The average molecular weight is 906 g/mol. The largest absolute Gasteiger partial charge is 0.545 e. The van der Waals surface area contributed by atoms with Crippen molar-refractivity contribution < 1.29 is 42.9 Å². The van der Waals surface area contributed by atoms with Crippen LogP contribution in [0, 0.1) is 0 Å². The van der Waals surface area contributed by atoms with E-state index in [0.717, 1.165) is 116 Å². The summed E-state index contributed by atoms with van der Waals surface area (Å²) in [5.74, 6) is -2.33. The minimum absolute atomic E-state index is 0.140. The van der Waals surface area contributed by atoms with E-state index in [4.69, 9.17) is 18.9 Å². The van der Waals surface area contributed by atoms with Crippen LogP contribution in [0.1, 0.15) is 168 Å². The van der Waals surface area contributed by atoms with Gasteiger partial charge in [0.25, 0.3) is 0 Å². The van der Waals surface area contributed by atoms with Crippen LogP contribution in [0.25, 0.3) is 0 Å². The highest BCUT2D eigenvalue weighted by molar-refractivity contribution is 5.70. The van der Waals surface area contributed by atoms with E-state index < -0.39 is 24.3 Å². The fourth-order valence-electron chi connectivity index (χ4n) is 6.17. The maximum absolute atomic E-state index is 12.7. The fraction of sp³-hybridized carbons (Fsp3) is 0.625. The Hall–Kier alpha value is -4.05. The van der Waals surface area contributed by atoms with Crippen LogP contribution in [0.4, 0.5) is 0 Å². The predicted octanol–water partition coefficient (Wildman–Crippen LogP) is 12.7. The van der Waals surface area contributed by atoms with E-state index in [0.29, 0.717) is 17.4 Å². The molecular formula is C56H91NO8. The first-order chi connectivity index (χ1) is 31.6. The minimum Gasteiger partial charge on any atom is -0.545 e. The minimum atomic E-state index is -1.63. The van der Waals surface area contributed by atoms with Crippen LogP contribution in [0.15, 0.2) is 109 Å². The molecule has 2 atom stereocenters. The number of rotatable bonds is 44. The Balaban J connectivity index is 4.11. The summed E-state index contributed by atoms with van der Waals surface area (Å²) in [4.78, 5) is 36.7. The second-order valence-electron chi connectivity index (χ2n) is 17.4. The van der Waals surface area contributed by atoms with Gasteiger partial charge in [0.05, 0.1) is 40.3 Å². The van der Waals surface area contributed by atoms with E-state index in [1.54, 1.807) is 0 Å². The standard InChI is InChI=1S/C56H91NO8/c1-6-8-10-12-13-14-15-16-17-18-19-20-21-22-23-24-25-26-27-28-29-30-31-32-33-34-35-36-37-38-39-40-41-43-45-47-54(59)65-52(50-63-53(58)46-44-42-11-9-7-2)51-64-56(55(60)61)62-49-48-57(3,4)5/h8,10,13-14,16-17,19-20,22-23,25-26,28-29,31-32,34-35,52,56H,6-7,9,11-12,15,18,21,24,27,30,33,36-51H2,1-5H3/b10-8-,14-13-,17-16-,20-19-,23-22-,26-25-,29-28-,32-31-,35-34-. The molecule has 0 radical (unpaired) electrons. The number of quaternary nitrogens is 1. The lowest BCUT2D eigenvalue weighted by Gasteiger charge is -2.26. The molecule has 0 aliphatic carbocycles. The third kappa shape index (κ3) is 47.7. The molecule has 0 spiro atoms. The first-order valence-corrected chi connectivity index (χ1v) is 25.0. The van der Waals surface area contributed by atoms with Crippen molar-refractivity contribution in [2.45, 2.75) is 180 Å². The van der Waals surface area contributed by atoms with E-state index in [1.165, 1.54) is 19.3 Å². The zero-order valence-corrected chi connectivity index (χ0v) is 41.6. The zero-order chi connectivity index (χ0) is 47.7. The predicted molar refractivity (Wildman–Crippen MR) is 269 cm³/mol. The lowest BCUT2D eigenvalue weighted by atomic mass is 10.1. The van der Waals surface area contributed by atoms with Crippen LogP contribution < -0.4 is 5.11 Å². The molecule has 0 aliphatic heterocycles. The van der Waals surface area contributed by atoms with Crippen LogP contribution in [0.5, 0.6) is 0 Å². The van der Waals surface area contributed by atoms with Crippen LogP contribution in [0.2, 0.25) is 0 Å². The molecule has 0 saturated carbocycles. The molecule has 9 nitrogen and oxygen atoms in total. The SMILES string of the molecule is CC/C=C\C/C=C\C/C=C\C/C=C\C/C=C\C/C=C\C/C=C\C/C=C\C/C=C\CCCCCCCCCC(=O)OC(COC(=O)CCCCCCC)COC(OCC[N+](C)(C)C)C(=O)[O-]. The number of carboxylic acids is 1. The number of carbonyl (C=O) groups excluding carboxylic acids is 3.